The lowest BCUT2D eigenvalue weighted by Gasteiger charge is -2.21. The van der Waals surface area contributed by atoms with Gasteiger partial charge in [-0.25, -0.2) is 0 Å². The van der Waals surface area contributed by atoms with Gasteiger partial charge in [-0.05, 0) is 60.5 Å². The zero-order valence-electron chi connectivity index (χ0n) is 15.5. The second-order valence-electron chi connectivity index (χ2n) is 6.73. The van der Waals surface area contributed by atoms with Crippen molar-refractivity contribution in [3.63, 3.8) is 0 Å². The molecule has 1 aromatic heterocycles. The van der Waals surface area contributed by atoms with E-state index in [1.807, 2.05) is 56.6 Å². The number of halogens is 2. The number of H-pyrrole nitrogens is 1. The predicted octanol–water partition coefficient (Wildman–Crippen LogP) is 7.32. The summed E-state index contributed by atoms with van der Waals surface area (Å²) in [6, 6.07) is 20.0. The molecule has 0 aliphatic heterocycles. The SMILES string of the molecule is Cc1cc(Cl)ccc1C(=S)c1ccc(N(C)c2cccc3cc[nH]c23)cc1Cl. The topological polar surface area (TPSA) is 19.0 Å². The third-order valence-corrected chi connectivity index (χ3v) is 5.93. The van der Waals surface area contributed by atoms with Gasteiger partial charge in [0.15, 0.2) is 0 Å². The van der Waals surface area contributed by atoms with Crippen molar-refractivity contribution in [2.75, 3.05) is 11.9 Å². The molecular weight excluding hydrogens is 407 g/mol. The summed E-state index contributed by atoms with van der Waals surface area (Å²) < 4.78 is 0. The Balaban J connectivity index is 1.70. The molecule has 1 N–H and O–H groups in total. The number of aryl methyl sites for hydroxylation is 1. The van der Waals surface area contributed by atoms with Crippen LogP contribution in [0.5, 0.6) is 0 Å². The van der Waals surface area contributed by atoms with Gasteiger partial charge in [0, 0.05) is 34.9 Å². The van der Waals surface area contributed by atoms with Crippen LogP contribution in [0, 0.1) is 6.92 Å². The molecule has 2 nitrogen and oxygen atoms in total. The Kier molecular flexibility index (Phi) is 5.15. The van der Waals surface area contributed by atoms with E-state index in [4.69, 9.17) is 35.4 Å². The highest BCUT2D eigenvalue weighted by Gasteiger charge is 2.15. The van der Waals surface area contributed by atoms with Gasteiger partial charge in [-0.15, -0.1) is 0 Å². The maximum Gasteiger partial charge on any atom is 0.0695 e. The molecule has 0 amide bonds. The number of para-hydroxylation sites is 1. The van der Waals surface area contributed by atoms with E-state index in [-0.39, 0.29) is 0 Å². The molecule has 0 fully saturated rings. The van der Waals surface area contributed by atoms with Gasteiger partial charge >= 0.3 is 0 Å². The molecule has 140 valence electrons. The number of hydrogen-bond acceptors (Lipinski definition) is 2. The highest BCUT2D eigenvalue weighted by molar-refractivity contribution is 7.81. The van der Waals surface area contributed by atoms with E-state index in [1.54, 1.807) is 0 Å². The fourth-order valence-electron chi connectivity index (χ4n) is 3.41. The van der Waals surface area contributed by atoms with Gasteiger partial charge in [-0.2, -0.15) is 0 Å². The van der Waals surface area contributed by atoms with Crippen molar-refractivity contribution >= 4 is 62.6 Å². The first-order chi connectivity index (χ1) is 13.5. The zero-order chi connectivity index (χ0) is 19.8. The molecule has 0 bridgehead atoms. The number of anilines is 2. The van der Waals surface area contributed by atoms with Crippen LogP contribution in [0.2, 0.25) is 10.0 Å². The lowest BCUT2D eigenvalue weighted by Crippen LogP contribution is -2.11. The number of hydrogen-bond donors (Lipinski definition) is 1. The molecule has 1 heterocycles. The number of aromatic nitrogens is 1. The fourth-order valence-corrected chi connectivity index (χ4v) is 4.37. The second-order valence-corrected chi connectivity index (χ2v) is 7.98. The third kappa shape index (κ3) is 3.42. The lowest BCUT2D eigenvalue weighted by molar-refractivity contribution is 1.21. The number of rotatable bonds is 4. The van der Waals surface area contributed by atoms with Crippen LogP contribution in [0.4, 0.5) is 11.4 Å². The maximum atomic E-state index is 6.64. The van der Waals surface area contributed by atoms with Gasteiger partial charge in [-0.3, -0.25) is 0 Å². The van der Waals surface area contributed by atoms with Crippen molar-refractivity contribution in [2.45, 2.75) is 6.92 Å². The molecule has 0 radical (unpaired) electrons. The minimum Gasteiger partial charge on any atom is -0.359 e. The Morgan fingerprint density at radius 3 is 2.50 bits per heavy atom. The summed E-state index contributed by atoms with van der Waals surface area (Å²) >= 11 is 18.4. The van der Waals surface area contributed by atoms with Crippen LogP contribution >= 0.6 is 35.4 Å². The van der Waals surface area contributed by atoms with Crippen molar-refractivity contribution in [1.82, 2.24) is 4.98 Å². The van der Waals surface area contributed by atoms with E-state index in [0.29, 0.717) is 10.0 Å². The molecule has 28 heavy (non-hydrogen) atoms. The summed E-state index contributed by atoms with van der Waals surface area (Å²) in [6.07, 6.45) is 1.95. The average Bonchev–Trinajstić information content (AvgIpc) is 3.15. The summed E-state index contributed by atoms with van der Waals surface area (Å²) in [6.45, 7) is 2.00. The molecule has 0 saturated heterocycles. The Bertz CT molecular complexity index is 1200. The molecule has 0 saturated carbocycles. The van der Waals surface area contributed by atoms with Gasteiger partial charge in [0.05, 0.1) is 21.1 Å². The van der Waals surface area contributed by atoms with Crippen LogP contribution in [0.15, 0.2) is 66.9 Å². The molecule has 0 aliphatic carbocycles. The Morgan fingerprint density at radius 1 is 0.964 bits per heavy atom. The van der Waals surface area contributed by atoms with E-state index in [2.05, 4.69) is 34.1 Å². The number of fused-ring (bicyclic) bond motifs is 1. The number of nitrogens with one attached hydrogen (secondary N) is 1. The molecule has 5 heteroatoms. The normalized spacial score (nSPS) is 11.0. The molecule has 4 rings (SSSR count). The van der Waals surface area contributed by atoms with Crippen LogP contribution in [0.1, 0.15) is 16.7 Å². The first-order valence-electron chi connectivity index (χ1n) is 8.86. The monoisotopic (exact) mass is 424 g/mol. The van der Waals surface area contributed by atoms with E-state index in [9.17, 15) is 0 Å². The summed E-state index contributed by atoms with van der Waals surface area (Å²) in [7, 11) is 2.03. The first-order valence-corrected chi connectivity index (χ1v) is 10.0. The van der Waals surface area contributed by atoms with Crippen LogP contribution in [0.25, 0.3) is 10.9 Å². The standard InChI is InChI=1S/C23H18Cl2N2S/c1-14-12-16(24)6-8-18(14)23(28)19-9-7-17(13-20(19)25)27(2)21-5-3-4-15-10-11-26-22(15)21/h3-13,26H,1-2H3. The van der Waals surface area contributed by atoms with Gasteiger partial charge < -0.3 is 9.88 Å². The molecule has 4 aromatic rings. The largest absolute Gasteiger partial charge is 0.359 e. The highest BCUT2D eigenvalue weighted by Crippen LogP contribution is 2.33. The molecule has 0 spiro atoms. The fraction of sp³-hybridized carbons (Fsp3) is 0.0870. The summed E-state index contributed by atoms with van der Waals surface area (Å²) in [4.78, 5) is 6.15. The Hall–Kier alpha value is -2.33. The molecule has 3 aromatic carbocycles. The van der Waals surface area contributed by atoms with Crippen molar-refractivity contribution < 1.29 is 0 Å². The number of aromatic amines is 1. The minimum atomic E-state index is 0.627. The van der Waals surface area contributed by atoms with E-state index in [0.717, 1.165) is 38.4 Å². The Morgan fingerprint density at radius 2 is 1.75 bits per heavy atom. The number of benzene rings is 3. The number of thiocarbonyl (C=S) groups is 1. The van der Waals surface area contributed by atoms with Gasteiger partial charge in [0.25, 0.3) is 0 Å². The van der Waals surface area contributed by atoms with Crippen LogP contribution in [-0.4, -0.2) is 16.9 Å². The third-order valence-electron chi connectivity index (χ3n) is 4.94. The molecule has 0 aliphatic rings. The van der Waals surface area contributed by atoms with E-state index < -0.39 is 0 Å². The predicted molar refractivity (Wildman–Crippen MR) is 125 cm³/mol. The molecule has 0 unspecified atom stereocenters. The van der Waals surface area contributed by atoms with Gasteiger partial charge in [-0.1, -0.05) is 53.6 Å². The summed E-state index contributed by atoms with van der Waals surface area (Å²) in [5, 5.41) is 2.50. The quantitative estimate of drug-likeness (QED) is 0.273. The highest BCUT2D eigenvalue weighted by atomic mass is 35.5. The second kappa shape index (κ2) is 7.59. The number of nitrogens with zero attached hydrogens (tertiary/aromatic N) is 1. The first kappa shape index (κ1) is 19.0. The zero-order valence-corrected chi connectivity index (χ0v) is 17.8. The van der Waals surface area contributed by atoms with Crippen molar-refractivity contribution in [1.29, 1.82) is 0 Å². The lowest BCUT2D eigenvalue weighted by atomic mass is 10.00. The van der Waals surface area contributed by atoms with Crippen molar-refractivity contribution in [2.24, 2.45) is 0 Å². The minimum absolute atomic E-state index is 0.627. The Labute approximate surface area is 179 Å². The van der Waals surface area contributed by atoms with Crippen LogP contribution < -0.4 is 4.90 Å². The van der Waals surface area contributed by atoms with Gasteiger partial charge in [0.1, 0.15) is 0 Å². The van der Waals surface area contributed by atoms with E-state index >= 15 is 0 Å². The van der Waals surface area contributed by atoms with Crippen LogP contribution in [0.3, 0.4) is 0 Å². The van der Waals surface area contributed by atoms with Crippen molar-refractivity contribution in [3.8, 4) is 0 Å². The molecule has 0 atom stereocenters. The van der Waals surface area contributed by atoms with Crippen LogP contribution in [-0.2, 0) is 0 Å². The summed E-state index contributed by atoms with van der Waals surface area (Å²) in [5.41, 5.74) is 6.02. The smallest absolute Gasteiger partial charge is 0.0695 e. The van der Waals surface area contributed by atoms with Gasteiger partial charge in [0.2, 0.25) is 0 Å². The molecular formula is C23H18Cl2N2S. The van der Waals surface area contributed by atoms with Crippen molar-refractivity contribution in [3.05, 3.63) is 93.6 Å². The summed E-state index contributed by atoms with van der Waals surface area (Å²) in [5.74, 6) is 0. The maximum absolute atomic E-state index is 6.64. The van der Waals surface area contributed by atoms with E-state index in [1.165, 1.54) is 5.39 Å². The average molecular weight is 425 g/mol.